The molecule has 0 N–H and O–H groups in total. The molecule has 2 aliphatic rings. The lowest BCUT2D eigenvalue weighted by molar-refractivity contribution is 0.246. The Morgan fingerprint density at radius 2 is 1.52 bits per heavy atom. The van der Waals surface area contributed by atoms with Crippen LogP contribution in [0.2, 0.25) is 0 Å². The molecule has 0 radical (unpaired) electrons. The maximum Gasteiger partial charge on any atom is 0.0824 e. The van der Waals surface area contributed by atoms with Gasteiger partial charge < -0.3 is 4.90 Å². The zero-order valence-corrected chi connectivity index (χ0v) is 12.4. The molecule has 2 aromatic carbocycles. The molecular formula is C19H22N2. The molecule has 0 aromatic heterocycles. The molecule has 4 rings (SSSR count). The van der Waals surface area contributed by atoms with Crippen molar-refractivity contribution in [1.29, 1.82) is 0 Å². The third-order valence-corrected chi connectivity index (χ3v) is 4.97. The second-order valence-corrected chi connectivity index (χ2v) is 6.17. The van der Waals surface area contributed by atoms with Crippen LogP contribution < -0.4 is 4.90 Å². The summed E-state index contributed by atoms with van der Waals surface area (Å²) in [5.74, 6) is 0. The Balaban J connectivity index is 1.49. The molecule has 0 spiro atoms. The van der Waals surface area contributed by atoms with E-state index in [1.807, 2.05) is 0 Å². The Morgan fingerprint density at radius 3 is 2.29 bits per heavy atom. The highest BCUT2D eigenvalue weighted by Crippen LogP contribution is 2.35. The van der Waals surface area contributed by atoms with E-state index in [1.165, 1.54) is 43.6 Å². The quantitative estimate of drug-likeness (QED) is 0.847. The molecule has 0 aliphatic carbocycles. The van der Waals surface area contributed by atoms with E-state index in [1.54, 1.807) is 0 Å². The van der Waals surface area contributed by atoms with Crippen molar-refractivity contribution in [3.63, 3.8) is 0 Å². The first-order chi connectivity index (χ1) is 10.4. The third-order valence-electron chi connectivity index (χ3n) is 4.97. The number of hydrogen-bond donors (Lipinski definition) is 0. The highest BCUT2D eigenvalue weighted by Gasteiger charge is 2.41. The Kier molecular flexibility index (Phi) is 3.40. The normalized spacial score (nSPS) is 25.2. The van der Waals surface area contributed by atoms with E-state index in [2.05, 4.69) is 70.5 Å². The Bertz CT molecular complexity index is 581. The lowest BCUT2D eigenvalue weighted by atomic mass is 10.0. The summed E-state index contributed by atoms with van der Waals surface area (Å²) in [6.07, 6.45) is 4.43. The molecule has 2 heteroatoms. The molecule has 0 amide bonds. The van der Waals surface area contributed by atoms with Gasteiger partial charge in [-0.25, -0.2) is 0 Å². The molecule has 21 heavy (non-hydrogen) atoms. The van der Waals surface area contributed by atoms with Gasteiger partial charge in [0.1, 0.15) is 0 Å². The van der Waals surface area contributed by atoms with Gasteiger partial charge in [-0.2, -0.15) is 0 Å². The summed E-state index contributed by atoms with van der Waals surface area (Å²) in [4.78, 5) is 5.31. The molecule has 0 bridgehead atoms. The maximum absolute atomic E-state index is 2.72. The average Bonchev–Trinajstić information content (AvgIpc) is 3.12. The molecule has 2 atom stereocenters. The van der Waals surface area contributed by atoms with Crippen LogP contribution in [-0.2, 0) is 6.42 Å². The van der Waals surface area contributed by atoms with E-state index in [0.717, 1.165) is 0 Å². The summed E-state index contributed by atoms with van der Waals surface area (Å²) >= 11 is 0. The van der Waals surface area contributed by atoms with Crippen LogP contribution in [0.1, 0.15) is 18.4 Å². The van der Waals surface area contributed by atoms with Gasteiger partial charge in [-0.1, -0.05) is 48.5 Å². The average molecular weight is 278 g/mol. The number of rotatable bonds is 3. The van der Waals surface area contributed by atoms with Crippen LogP contribution in [0, 0.1) is 0 Å². The summed E-state index contributed by atoms with van der Waals surface area (Å²) in [7, 11) is 0. The minimum atomic E-state index is 0.612. The first-order valence-corrected chi connectivity index (χ1v) is 8.03. The molecule has 0 saturated carbocycles. The van der Waals surface area contributed by atoms with Crippen molar-refractivity contribution in [2.75, 3.05) is 18.0 Å². The molecule has 2 fully saturated rings. The van der Waals surface area contributed by atoms with Gasteiger partial charge in [0.05, 0.1) is 6.17 Å². The van der Waals surface area contributed by atoms with E-state index in [9.17, 15) is 0 Å². The molecule has 108 valence electrons. The van der Waals surface area contributed by atoms with Crippen LogP contribution >= 0.6 is 0 Å². The summed E-state index contributed by atoms with van der Waals surface area (Å²) in [5.41, 5.74) is 2.85. The Hall–Kier alpha value is -1.80. The van der Waals surface area contributed by atoms with Crippen LogP contribution in [0.25, 0.3) is 0 Å². The minimum Gasteiger partial charge on any atom is -0.354 e. The van der Waals surface area contributed by atoms with Crippen molar-refractivity contribution >= 4 is 5.69 Å². The largest absolute Gasteiger partial charge is 0.354 e. The molecular weight excluding hydrogens is 256 g/mol. The van der Waals surface area contributed by atoms with E-state index in [0.29, 0.717) is 12.2 Å². The van der Waals surface area contributed by atoms with Gasteiger partial charge in [0.25, 0.3) is 0 Å². The minimum absolute atomic E-state index is 0.612. The number of fused-ring (bicyclic) bond motifs is 1. The van der Waals surface area contributed by atoms with Gasteiger partial charge in [-0.15, -0.1) is 0 Å². The molecule has 2 unspecified atom stereocenters. The number of hydrogen-bond acceptors (Lipinski definition) is 2. The van der Waals surface area contributed by atoms with Gasteiger partial charge in [0, 0.05) is 24.8 Å². The van der Waals surface area contributed by atoms with Crippen molar-refractivity contribution < 1.29 is 0 Å². The van der Waals surface area contributed by atoms with Crippen LogP contribution in [-0.4, -0.2) is 30.2 Å². The van der Waals surface area contributed by atoms with Gasteiger partial charge >= 0.3 is 0 Å². The Labute approximate surface area is 127 Å². The second-order valence-electron chi connectivity index (χ2n) is 6.17. The van der Waals surface area contributed by atoms with Crippen LogP contribution in [0.15, 0.2) is 60.7 Å². The smallest absolute Gasteiger partial charge is 0.0824 e. The SMILES string of the molecule is c1ccc(CC2CCC3N(c4ccccc4)CCN23)cc1. The van der Waals surface area contributed by atoms with Gasteiger partial charge in [0.15, 0.2) is 0 Å². The molecule has 2 saturated heterocycles. The second kappa shape index (κ2) is 5.53. The van der Waals surface area contributed by atoms with E-state index in [4.69, 9.17) is 0 Å². The van der Waals surface area contributed by atoms with E-state index in [-0.39, 0.29) is 0 Å². The van der Waals surface area contributed by atoms with Crippen molar-refractivity contribution in [1.82, 2.24) is 4.90 Å². The fraction of sp³-hybridized carbons (Fsp3) is 0.368. The predicted octanol–water partition coefficient (Wildman–Crippen LogP) is 3.54. The molecule has 2 heterocycles. The van der Waals surface area contributed by atoms with Gasteiger partial charge in [0.2, 0.25) is 0 Å². The van der Waals surface area contributed by atoms with Gasteiger partial charge in [-0.05, 0) is 37.0 Å². The third kappa shape index (κ3) is 2.44. The number of anilines is 1. The topological polar surface area (TPSA) is 6.48 Å². The van der Waals surface area contributed by atoms with Gasteiger partial charge in [-0.3, -0.25) is 4.90 Å². The number of benzene rings is 2. The molecule has 2 aliphatic heterocycles. The maximum atomic E-state index is 2.72. The highest BCUT2D eigenvalue weighted by atomic mass is 15.4. The molecule has 2 nitrogen and oxygen atoms in total. The lowest BCUT2D eigenvalue weighted by Crippen LogP contribution is -2.37. The Morgan fingerprint density at radius 1 is 0.810 bits per heavy atom. The lowest BCUT2D eigenvalue weighted by Gasteiger charge is -2.28. The van der Waals surface area contributed by atoms with Crippen LogP contribution in [0.4, 0.5) is 5.69 Å². The van der Waals surface area contributed by atoms with E-state index < -0.39 is 0 Å². The van der Waals surface area contributed by atoms with E-state index >= 15 is 0 Å². The number of nitrogens with zero attached hydrogens (tertiary/aromatic N) is 2. The summed E-state index contributed by atoms with van der Waals surface area (Å²) in [6, 6.07) is 22.5. The van der Waals surface area contributed by atoms with Crippen molar-refractivity contribution in [2.24, 2.45) is 0 Å². The summed E-state index contributed by atoms with van der Waals surface area (Å²) in [6.45, 7) is 2.37. The van der Waals surface area contributed by atoms with Crippen LogP contribution in [0.3, 0.4) is 0 Å². The number of para-hydroxylation sites is 1. The molecule has 2 aromatic rings. The predicted molar refractivity (Wildman–Crippen MR) is 87.5 cm³/mol. The standard InChI is InChI=1S/C19H22N2/c1-3-7-16(8-4-1)15-18-11-12-19-20(13-14-21(18)19)17-9-5-2-6-10-17/h1-10,18-19H,11-15H2. The zero-order chi connectivity index (χ0) is 14.1. The first kappa shape index (κ1) is 12.9. The van der Waals surface area contributed by atoms with Crippen molar-refractivity contribution in [2.45, 2.75) is 31.5 Å². The van der Waals surface area contributed by atoms with Crippen molar-refractivity contribution in [3.05, 3.63) is 66.2 Å². The van der Waals surface area contributed by atoms with Crippen LogP contribution in [0.5, 0.6) is 0 Å². The fourth-order valence-electron chi connectivity index (χ4n) is 3.98. The fourth-order valence-corrected chi connectivity index (χ4v) is 3.98. The van der Waals surface area contributed by atoms with Crippen molar-refractivity contribution in [3.8, 4) is 0 Å². The summed E-state index contributed by atoms with van der Waals surface area (Å²) in [5, 5.41) is 0. The zero-order valence-electron chi connectivity index (χ0n) is 12.4. The summed E-state index contributed by atoms with van der Waals surface area (Å²) < 4.78 is 0. The highest BCUT2D eigenvalue weighted by molar-refractivity contribution is 5.48. The first-order valence-electron chi connectivity index (χ1n) is 8.03. The monoisotopic (exact) mass is 278 g/mol.